The lowest BCUT2D eigenvalue weighted by Gasteiger charge is -2.34. The van der Waals surface area contributed by atoms with Crippen molar-refractivity contribution in [1.29, 1.82) is 0 Å². The second kappa shape index (κ2) is 8.40. The maximum atomic E-state index is 13.0. The number of hydrogen-bond acceptors (Lipinski definition) is 4. The van der Waals surface area contributed by atoms with Gasteiger partial charge in [-0.15, -0.1) is 0 Å². The van der Waals surface area contributed by atoms with E-state index in [0.717, 1.165) is 24.2 Å². The van der Waals surface area contributed by atoms with Gasteiger partial charge in [0.05, 0.1) is 11.4 Å². The number of para-hydroxylation sites is 1. The fourth-order valence-corrected chi connectivity index (χ4v) is 6.09. The minimum absolute atomic E-state index is 0.0888. The Kier molecular flexibility index (Phi) is 5.84. The van der Waals surface area contributed by atoms with Crippen molar-refractivity contribution in [3.8, 4) is 5.75 Å². The molecule has 1 fully saturated rings. The average molecular weight is 429 g/mol. The van der Waals surface area contributed by atoms with Crippen LogP contribution in [0, 0.1) is 11.8 Å². The third kappa shape index (κ3) is 4.37. The van der Waals surface area contributed by atoms with Gasteiger partial charge in [0.25, 0.3) is 5.91 Å². The number of nitrogens with one attached hydrogen (secondary N) is 1. The monoisotopic (exact) mass is 428 g/mol. The highest BCUT2D eigenvalue weighted by molar-refractivity contribution is 7.89. The van der Waals surface area contributed by atoms with Gasteiger partial charge in [0, 0.05) is 25.1 Å². The number of amides is 1. The van der Waals surface area contributed by atoms with Gasteiger partial charge in [-0.25, -0.2) is 8.42 Å². The largest absolute Gasteiger partial charge is 0.488 e. The first-order valence-corrected chi connectivity index (χ1v) is 11.9. The molecule has 2 aliphatic heterocycles. The number of nitrogens with zero attached hydrogens (tertiary/aromatic N) is 1. The van der Waals surface area contributed by atoms with Crippen LogP contribution in [0.4, 0.5) is 0 Å². The van der Waals surface area contributed by atoms with Gasteiger partial charge in [0.15, 0.2) is 0 Å². The van der Waals surface area contributed by atoms with Crippen LogP contribution >= 0.6 is 0 Å². The van der Waals surface area contributed by atoms with Gasteiger partial charge < -0.3 is 10.1 Å². The van der Waals surface area contributed by atoms with Crippen molar-refractivity contribution >= 4 is 15.9 Å². The summed E-state index contributed by atoms with van der Waals surface area (Å²) in [6.07, 6.45) is 1.72. The second-order valence-electron chi connectivity index (χ2n) is 8.55. The van der Waals surface area contributed by atoms with Crippen molar-refractivity contribution in [2.75, 3.05) is 19.6 Å². The molecule has 0 aromatic heterocycles. The van der Waals surface area contributed by atoms with E-state index in [4.69, 9.17) is 4.74 Å². The Morgan fingerprint density at radius 3 is 2.40 bits per heavy atom. The molecule has 4 rings (SSSR count). The van der Waals surface area contributed by atoms with Gasteiger partial charge in [0.1, 0.15) is 11.9 Å². The van der Waals surface area contributed by atoms with Crippen LogP contribution in [0.15, 0.2) is 53.4 Å². The van der Waals surface area contributed by atoms with E-state index in [2.05, 4.69) is 19.2 Å². The van der Waals surface area contributed by atoms with Crippen molar-refractivity contribution in [1.82, 2.24) is 9.62 Å². The van der Waals surface area contributed by atoms with Crippen molar-refractivity contribution in [2.45, 2.75) is 37.7 Å². The van der Waals surface area contributed by atoms with Crippen LogP contribution in [-0.2, 0) is 16.4 Å². The summed E-state index contributed by atoms with van der Waals surface area (Å²) in [6.45, 7) is 5.64. The van der Waals surface area contributed by atoms with Crippen LogP contribution in [0.5, 0.6) is 5.75 Å². The molecule has 3 atom stereocenters. The molecule has 2 aliphatic rings. The van der Waals surface area contributed by atoms with E-state index in [0.29, 0.717) is 37.0 Å². The maximum Gasteiger partial charge on any atom is 0.251 e. The number of fused-ring (bicyclic) bond motifs is 1. The van der Waals surface area contributed by atoms with E-state index in [9.17, 15) is 13.2 Å². The predicted molar refractivity (Wildman–Crippen MR) is 115 cm³/mol. The summed E-state index contributed by atoms with van der Waals surface area (Å²) in [5.74, 6) is 1.32. The minimum atomic E-state index is -3.54. The number of carbonyl (C=O) groups excluding carboxylic acids is 1. The van der Waals surface area contributed by atoms with Gasteiger partial charge in [-0.2, -0.15) is 4.31 Å². The summed E-state index contributed by atoms with van der Waals surface area (Å²) in [7, 11) is -3.54. The van der Waals surface area contributed by atoms with Crippen molar-refractivity contribution < 1.29 is 17.9 Å². The van der Waals surface area contributed by atoms with Gasteiger partial charge in [0.2, 0.25) is 10.0 Å². The maximum absolute atomic E-state index is 13.0. The highest BCUT2D eigenvalue weighted by Crippen LogP contribution is 2.28. The summed E-state index contributed by atoms with van der Waals surface area (Å²) < 4.78 is 33.4. The molecule has 6 nitrogen and oxygen atoms in total. The molecule has 0 saturated carbocycles. The Hall–Kier alpha value is -2.38. The molecular weight excluding hydrogens is 400 g/mol. The third-order valence-corrected chi connectivity index (χ3v) is 7.64. The van der Waals surface area contributed by atoms with Gasteiger partial charge >= 0.3 is 0 Å². The first-order chi connectivity index (χ1) is 14.3. The van der Waals surface area contributed by atoms with Crippen LogP contribution in [0.2, 0.25) is 0 Å². The number of ether oxygens (including phenoxy) is 1. The van der Waals surface area contributed by atoms with Crippen LogP contribution < -0.4 is 10.1 Å². The Labute approximate surface area is 178 Å². The molecule has 30 heavy (non-hydrogen) atoms. The quantitative estimate of drug-likeness (QED) is 0.794. The summed E-state index contributed by atoms with van der Waals surface area (Å²) in [5, 5.41) is 2.89. The SMILES string of the molecule is CC1CC(C)CN(S(=O)(=O)c2ccc(C(=O)NCC3Cc4ccccc4O3)cc2)C1. The van der Waals surface area contributed by atoms with E-state index in [-0.39, 0.29) is 16.9 Å². The van der Waals surface area contributed by atoms with Crippen LogP contribution in [0.3, 0.4) is 0 Å². The molecule has 0 radical (unpaired) electrons. The first-order valence-electron chi connectivity index (χ1n) is 10.5. The zero-order valence-electron chi connectivity index (χ0n) is 17.4. The predicted octanol–water partition coefficient (Wildman–Crippen LogP) is 3.09. The average Bonchev–Trinajstić information content (AvgIpc) is 3.14. The molecule has 1 amide bonds. The molecule has 2 aromatic carbocycles. The standard InChI is InChI=1S/C23H28N2O4S/c1-16-11-17(2)15-25(14-16)30(27,28)21-9-7-18(8-10-21)23(26)24-13-20-12-19-5-3-4-6-22(19)29-20/h3-10,16-17,20H,11-15H2,1-2H3,(H,24,26). The normalized spacial score (nSPS) is 24.1. The lowest BCUT2D eigenvalue weighted by Crippen LogP contribution is -2.42. The number of hydrogen-bond donors (Lipinski definition) is 1. The summed E-state index contributed by atoms with van der Waals surface area (Å²) in [6, 6.07) is 14.1. The molecule has 0 aliphatic carbocycles. The van der Waals surface area contributed by atoms with E-state index in [1.54, 1.807) is 16.4 Å². The fourth-order valence-electron chi connectivity index (χ4n) is 4.41. The summed E-state index contributed by atoms with van der Waals surface area (Å²) in [4.78, 5) is 12.7. The zero-order valence-corrected chi connectivity index (χ0v) is 18.2. The van der Waals surface area contributed by atoms with Crippen LogP contribution in [0.25, 0.3) is 0 Å². The second-order valence-corrected chi connectivity index (χ2v) is 10.5. The zero-order chi connectivity index (χ0) is 21.3. The van der Waals surface area contributed by atoms with Crippen LogP contribution in [0.1, 0.15) is 36.2 Å². The van der Waals surface area contributed by atoms with Crippen molar-refractivity contribution in [3.63, 3.8) is 0 Å². The lowest BCUT2D eigenvalue weighted by atomic mass is 9.94. The molecule has 2 heterocycles. The summed E-state index contributed by atoms with van der Waals surface area (Å²) in [5.41, 5.74) is 1.58. The molecule has 160 valence electrons. The Balaban J connectivity index is 1.37. The van der Waals surface area contributed by atoms with E-state index in [1.165, 1.54) is 12.1 Å². The minimum Gasteiger partial charge on any atom is -0.488 e. The smallest absolute Gasteiger partial charge is 0.251 e. The number of sulfonamides is 1. The number of piperidine rings is 1. The van der Waals surface area contributed by atoms with Crippen molar-refractivity contribution in [2.24, 2.45) is 11.8 Å². The van der Waals surface area contributed by atoms with Gasteiger partial charge in [-0.1, -0.05) is 32.0 Å². The number of carbonyl (C=O) groups is 1. The molecule has 1 saturated heterocycles. The molecular formula is C23H28N2O4S. The summed E-state index contributed by atoms with van der Waals surface area (Å²) >= 11 is 0. The van der Waals surface area contributed by atoms with Gasteiger partial charge in [-0.05, 0) is 54.2 Å². The van der Waals surface area contributed by atoms with Crippen molar-refractivity contribution in [3.05, 3.63) is 59.7 Å². The lowest BCUT2D eigenvalue weighted by molar-refractivity contribution is 0.0933. The number of benzene rings is 2. The molecule has 3 unspecified atom stereocenters. The van der Waals surface area contributed by atoms with Crippen LogP contribution in [-0.4, -0.2) is 44.4 Å². The highest BCUT2D eigenvalue weighted by atomic mass is 32.2. The van der Waals surface area contributed by atoms with Gasteiger partial charge in [-0.3, -0.25) is 4.79 Å². The molecule has 0 spiro atoms. The Morgan fingerprint density at radius 2 is 1.73 bits per heavy atom. The highest BCUT2D eigenvalue weighted by Gasteiger charge is 2.31. The Bertz CT molecular complexity index is 985. The topological polar surface area (TPSA) is 75.7 Å². The fraction of sp³-hybridized carbons (Fsp3) is 0.435. The van der Waals surface area contributed by atoms with E-state index >= 15 is 0 Å². The Morgan fingerprint density at radius 1 is 1.07 bits per heavy atom. The molecule has 2 aromatic rings. The molecule has 7 heteroatoms. The third-order valence-electron chi connectivity index (χ3n) is 5.79. The van der Waals surface area contributed by atoms with E-state index < -0.39 is 10.0 Å². The molecule has 0 bridgehead atoms. The molecule has 1 N–H and O–H groups in total. The van der Waals surface area contributed by atoms with E-state index in [1.807, 2.05) is 24.3 Å². The number of rotatable bonds is 5. The first kappa shape index (κ1) is 20.9.